The summed E-state index contributed by atoms with van der Waals surface area (Å²) in [5, 5.41) is 3.15. The zero-order valence-corrected chi connectivity index (χ0v) is 11.1. The number of nitrogens with one attached hydrogen (secondary N) is 1. The van der Waals surface area contributed by atoms with E-state index in [2.05, 4.69) is 31.3 Å². The third-order valence-electron chi connectivity index (χ3n) is 3.36. The first-order valence-corrected chi connectivity index (χ1v) is 6.47. The fraction of sp³-hybridized carbons (Fsp3) is 0.533. The summed E-state index contributed by atoms with van der Waals surface area (Å²) < 4.78 is 0. The van der Waals surface area contributed by atoms with Crippen LogP contribution in [-0.2, 0) is 11.2 Å². The van der Waals surface area contributed by atoms with Gasteiger partial charge in [0.05, 0.1) is 6.04 Å². The molecule has 17 heavy (non-hydrogen) atoms. The van der Waals surface area contributed by atoms with Crippen LogP contribution in [0.15, 0.2) is 30.3 Å². The van der Waals surface area contributed by atoms with Crippen molar-refractivity contribution in [1.29, 1.82) is 0 Å². The average Bonchev–Trinajstić information content (AvgIpc) is 2.38. The van der Waals surface area contributed by atoms with Crippen molar-refractivity contribution >= 4 is 5.78 Å². The van der Waals surface area contributed by atoms with E-state index in [1.165, 1.54) is 5.56 Å². The second-order valence-corrected chi connectivity index (χ2v) is 4.45. The molecule has 0 aliphatic carbocycles. The van der Waals surface area contributed by atoms with Crippen molar-refractivity contribution in [1.82, 2.24) is 5.32 Å². The minimum atomic E-state index is -0.0534. The average molecular weight is 233 g/mol. The van der Waals surface area contributed by atoms with E-state index in [1.807, 2.05) is 25.2 Å². The van der Waals surface area contributed by atoms with Gasteiger partial charge in [0.1, 0.15) is 0 Å². The number of ketones is 1. The smallest absolute Gasteiger partial charge is 0.153 e. The van der Waals surface area contributed by atoms with E-state index in [0.717, 1.165) is 19.3 Å². The molecule has 1 rings (SSSR count). The van der Waals surface area contributed by atoms with Gasteiger partial charge in [0.15, 0.2) is 5.78 Å². The van der Waals surface area contributed by atoms with Crippen LogP contribution in [0, 0.1) is 5.92 Å². The van der Waals surface area contributed by atoms with E-state index in [-0.39, 0.29) is 12.0 Å². The standard InChI is InChI=1S/C15H23NO/c1-4-13(5-2)15(17)14(16-3)11-12-9-7-6-8-10-12/h6-10,13-14,16H,4-5,11H2,1-3H3. The lowest BCUT2D eigenvalue weighted by Gasteiger charge is -2.20. The van der Waals surface area contributed by atoms with Gasteiger partial charge >= 0.3 is 0 Å². The second kappa shape index (κ2) is 7.23. The third-order valence-corrected chi connectivity index (χ3v) is 3.36. The quantitative estimate of drug-likeness (QED) is 0.784. The lowest BCUT2D eigenvalue weighted by molar-refractivity contribution is -0.125. The maximum Gasteiger partial charge on any atom is 0.153 e. The molecule has 0 aliphatic rings. The van der Waals surface area contributed by atoms with Crippen LogP contribution in [0.3, 0.4) is 0 Å². The lowest BCUT2D eigenvalue weighted by Crippen LogP contribution is -2.39. The van der Waals surface area contributed by atoms with E-state index in [1.54, 1.807) is 0 Å². The third kappa shape index (κ3) is 3.97. The minimum absolute atomic E-state index is 0.0534. The first-order chi connectivity index (χ1) is 8.22. The highest BCUT2D eigenvalue weighted by Crippen LogP contribution is 2.14. The van der Waals surface area contributed by atoms with E-state index < -0.39 is 0 Å². The summed E-state index contributed by atoms with van der Waals surface area (Å²) in [7, 11) is 1.87. The molecule has 1 aromatic carbocycles. The Hall–Kier alpha value is -1.15. The summed E-state index contributed by atoms with van der Waals surface area (Å²) in [6.45, 7) is 4.17. The molecule has 0 fully saturated rings. The molecule has 0 heterocycles. The molecule has 0 amide bonds. The van der Waals surface area contributed by atoms with Gasteiger partial charge < -0.3 is 5.32 Å². The fourth-order valence-electron chi connectivity index (χ4n) is 2.17. The van der Waals surface area contributed by atoms with Gasteiger partial charge in [-0.2, -0.15) is 0 Å². The maximum absolute atomic E-state index is 12.3. The summed E-state index contributed by atoms with van der Waals surface area (Å²) >= 11 is 0. The van der Waals surface area contributed by atoms with E-state index in [0.29, 0.717) is 5.78 Å². The predicted molar refractivity (Wildman–Crippen MR) is 72.1 cm³/mol. The topological polar surface area (TPSA) is 29.1 Å². The molecule has 94 valence electrons. The molecule has 0 spiro atoms. The Morgan fingerprint density at radius 3 is 2.24 bits per heavy atom. The van der Waals surface area contributed by atoms with Crippen LogP contribution < -0.4 is 5.32 Å². The molecular formula is C15H23NO. The van der Waals surface area contributed by atoms with Crippen LogP contribution in [0.25, 0.3) is 0 Å². The molecule has 2 heteroatoms. The Bertz CT molecular complexity index is 330. The van der Waals surface area contributed by atoms with Crippen molar-refractivity contribution in [2.75, 3.05) is 7.05 Å². The molecular weight excluding hydrogens is 210 g/mol. The SMILES string of the molecule is CCC(CC)C(=O)C(Cc1ccccc1)NC. The normalized spacial score (nSPS) is 12.7. The number of Topliss-reactive ketones (excluding diaryl/α,β-unsaturated/α-hetero) is 1. The summed E-state index contributed by atoms with van der Waals surface area (Å²) in [6, 6.07) is 10.1. The number of carbonyl (C=O) groups is 1. The Morgan fingerprint density at radius 1 is 1.18 bits per heavy atom. The van der Waals surface area contributed by atoms with Gasteiger partial charge in [0, 0.05) is 5.92 Å². The van der Waals surface area contributed by atoms with Crippen LogP contribution >= 0.6 is 0 Å². The van der Waals surface area contributed by atoms with E-state index in [9.17, 15) is 4.79 Å². The van der Waals surface area contributed by atoms with Crippen molar-refractivity contribution in [2.24, 2.45) is 5.92 Å². The van der Waals surface area contributed by atoms with Gasteiger partial charge in [-0.3, -0.25) is 4.79 Å². The lowest BCUT2D eigenvalue weighted by atomic mass is 9.90. The molecule has 1 aromatic rings. The van der Waals surface area contributed by atoms with Crippen molar-refractivity contribution in [2.45, 2.75) is 39.2 Å². The monoisotopic (exact) mass is 233 g/mol. The van der Waals surface area contributed by atoms with Crippen LogP contribution in [0.1, 0.15) is 32.3 Å². The van der Waals surface area contributed by atoms with Gasteiger partial charge in [-0.05, 0) is 31.9 Å². The van der Waals surface area contributed by atoms with Crippen LogP contribution in [0.4, 0.5) is 0 Å². The van der Waals surface area contributed by atoms with Gasteiger partial charge in [0.25, 0.3) is 0 Å². The molecule has 0 saturated heterocycles. The molecule has 0 radical (unpaired) electrons. The van der Waals surface area contributed by atoms with Gasteiger partial charge in [-0.1, -0.05) is 44.2 Å². The highest BCUT2D eigenvalue weighted by molar-refractivity contribution is 5.86. The van der Waals surface area contributed by atoms with Gasteiger partial charge in [0.2, 0.25) is 0 Å². The van der Waals surface area contributed by atoms with Crippen molar-refractivity contribution in [3.63, 3.8) is 0 Å². The minimum Gasteiger partial charge on any atom is -0.310 e. The first-order valence-electron chi connectivity index (χ1n) is 6.47. The number of hydrogen-bond acceptors (Lipinski definition) is 2. The van der Waals surface area contributed by atoms with Gasteiger partial charge in [-0.25, -0.2) is 0 Å². The van der Waals surface area contributed by atoms with Crippen LogP contribution in [-0.4, -0.2) is 18.9 Å². The van der Waals surface area contributed by atoms with Crippen molar-refractivity contribution in [3.05, 3.63) is 35.9 Å². The molecule has 1 unspecified atom stereocenters. The summed E-state index contributed by atoms with van der Waals surface area (Å²) in [4.78, 5) is 12.3. The largest absolute Gasteiger partial charge is 0.310 e. The number of likely N-dealkylation sites (N-methyl/N-ethyl adjacent to an activating group) is 1. The van der Waals surface area contributed by atoms with Crippen molar-refractivity contribution < 1.29 is 4.79 Å². The Morgan fingerprint density at radius 2 is 1.76 bits per heavy atom. The molecule has 2 nitrogen and oxygen atoms in total. The Kier molecular flexibility index (Phi) is 5.92. The first kappa shape index (κ1) is 13.9. The number of carbonyl (C=O) groups excluding carboxylic acids is 1. The predicted octanol–water partition coefficient (Wildman–Crippen LogP) is 2.82. The second-order valence-electron chi connectivity index (χ2n) is 4.45. The highest BCUT2D eigenvalue weighted by atomic mass is 16.1. The molecule has 0 aromatic heterocycles. The summed E-state index contributed by atoms with van der Waals surface area (Å²) in [5.41, 5.74) is 1.21. The molecule has 0 bridgehead atoms. The van der Waals surface area contributed by atoms with Crippen molar-refractivity contribution in [3.8, 4) is 0 Å². The molecule has 0 saturated carbocycles. The van der Waals surface area contributed by atoms with E-state index >= 15 is 0 Å². The Balaban J connectivity index is 2.68. The highest BCUT2D eigenvalue weighted by Gasteiger charge is 2.23. The molecule has 1 atom stereocenters. The molecule has 0 aliphatic heterocycles. The zero-order valence-electron chi connectivity index (χ0n) is 11.1. The number of benzene rings is 1. The maximum atomic E-state index is 12.3. The van der Waals surface area contributed by atoms with E-state index in [4.69, 9.17) is 0 Å². The van der Waals surface area contributed by atoms with Gasteiger partial charge in [-0.15, -0.1) is 0 Å². The fourth-order valence-corrected chi connectivity index (χ4v) is 2.17. The summed E-state index contributed by atoms with van der Waals surface area (Å²) in [5.74, 6) is 0.539. The number of hydrogen-bond donors (Lipinski definition) is 1. The van der Waals surface area contributed by atoms with Crippen LogP contribution in [0.5, 0.6) is 0 Å². The number of rotatable bonds is 7. The zero-order chi connectivity index (χ0) is 12.7. The Labute approximate surface area is 104 Å². The summed E-state index contributed by atoms with van der Waals surface area (Å²) in [6.07, 6.45) is 2.65. The van der Waals surface area contributed by atoms with Crippen LogP contribution in [0.2, 0.25) is 0 Å². The molecule has 1 N–H and O–H groups in total.